The molecule has 1 saturated heterocycles. The zero-order valence-electron chi connectivity index (χ0n) is 16.6. The van der Waals surface area contributed by atoms with E-state index in [1.165, 1.54) is 4.90 Å². The maximum absolute atomic E-state index is 12.4. The number of nitrogens with one attached hydrogen (secondary N) is 1. The van der Waals surface area contributed by atoms with Crippen LogP contribution in [0.3, 0.4) is 0 Å². The van der Waals surface area contributed by atoms with Gasteiger partial charge in [0, 0.05) is 37.3 Å². The van der Waals surface area contributed by atoms with E-state index in [0.717, 1.165) is 11.3 Å². The lowest BCUT2D eigenvalue weighted by Crippen LogP contribution is -2.32. The third-order valence-electron chi connectivity index (χ3n) is 4.71. The van der Waals surface area contributed by atoms with Crippen molar-refractivity contribution in [1.82, 2.24) is 14.7 Å². The molecule has 1 fully saturated rings. The van der Waals surface area contributed by atoms with Crippen LogP contribution in [-0.2, 0) is 26.3 Å². The second kappa shape index (κ2) is 7.96. The molecule has 0 radical (unpaired) electrons. The van der Waals surface area contributed by atoms with E-state index >= 15 is 0 Å². The first-order chi connectivity index (χ1) is 13.2. The minimum absolute atomic E-state index is 0.0683. The summed E-state index contributed by atoms with van der Waals surface area (Å²) in [6, 6.07) is 11.8. The normalized spacial score (nSPS) is 14.6. The predicted octanol–water partition coefficient (Wildman–Crippen LogP) is 2.71. The predicted molar refractivity (Wildman–Crippen MR) is 106 cm³/mol. The zero-order chi connectivity index (χ0) is 20.3. The van der Waals surface area contributed by atoms with E-state index in [9.17, 15) is 14.4 Å². The summed E-state index contributed by atoms with van der Waals surface area (Å²) in [4.78, 5) is 37.0. The first-order valence-corrected chi connectivity index (χ1v) is 9.49. The number of benzene rings is 1. The Morgan fingerprint density at radius 2 is 1.75 bits per heavy atom. The molecular formula is C21H26N4O3. The molecule has 148 valence electrons. The first kappa shape index (κ1) is 19.8. The number of anilines is 1. The number of rotatable bonds is 6. The Morgan fingerprint density at radius 3 is 2.36 bits per heavy atom. The number of nitrogens with zero attached hydrogens (tertiary/aromatic N) is 3. The van der Waals surface area contributed by atoms with E-state index in [1.54, 1.807) is 4.68 Å². The van der Waals surface area contributed by atoms with Crippen molar-refractivity contribution in [1.29, 1.82) is 0 Å². The van der Waals surface area contributed by atoms with Gasteiger partial charge in [-0.3, -0.25) is 19.3 Å². The van der Waals surface area contributed by atoms with Crippen LogP contribution in [0.4, 0.5) is 5.82 Å². The first-order valence-electron chi connectivity index (χ1n) is 9.49. The largest absolute Gasteiger partial charge is 0.311 e. The SMILES string of the molecule is CC(C)(C)c1cc(NC(=O)CCN2C(=O)CCC2=O)n(Cc2ccccc2)n1. The third-order valence-corrected chi connectivity index (χ3v) is 4.71. The standard InChI is InChI=1S/C21H26N4O3/c1-21(2,3)16-13-17(25(23-16)14-15-7-5-4-6-8-15)22-18(26)11-12-24-19(27)9-10-20(24)28/h4-8,13H,9-12,14H2,1-3H3,(H,22,26). The van der Waals surface area contributed by atoms with Crippen molar-refractivity contribution >= 4 is 23.5 Å². The Kier molecular flexibility index (Phi) is 5.63. The number of carbonyl (C=O) groups excluding carboxylic acids is 3. The fourth-order valence-electron chi connectivity index (χ4n) is 3.05. The van der Waals surface area contributed by atoms with Crippen LogP contribution < -0.4 is 5.32 Å². The van der Waals surface area contributed by atoms with Gasteiger partial charge in [-0.05, 0) is 5.56 Å². The number of imide groups is 1. The highest BCUT2D eigenvalue weighted by Crippen LogP contribution is 2.25. The molecule has 0 spiro atoms. The van der Waals surface area contributed by atoms with Crippen LogP contribution in [-0.4, -0.2) is 38.9 Å². The number of carbonyl (C=O) groups is 3. The van der Waals surface area contributed by atoms with Gasteiger partial charge in [0.1, 0.15) is 5.82 Å². The summed E-state index contributed by atoms with van der Waals surface area (Å²) in [7, 11) is 0. The van der Waals surface area contributed by atoms with Crippen LogP contribution in [0.1, 0.15) is 51.3 Å². The minimum atomic E-state index is -0.248. The van der Waals surface area contributed by atoms with Gasteiger partial charge in [0.05, 0.1) is 12.2 Å². The molecule has 3 amide bonds. The molecule has 1 aromatic carbocycles. The van der Waals surface area contributed by atoms with Gasteiger partial charge in [-0.25, -0.2) is 4.68 Å². The minimum Gasteiger partial charge on any atom is -0.311 e. The van der Waals surface area contributed by atoms with Gasteiger partial charge in [0.2, 0.25) is 17.7 Å². The summed E-state index contributed by atoms with van der Waals surface area (Å²) in [5.74, 6) is -0.0519. The second-order valence-corrected chi connectivity index (χ2v) is 8.05. The Hall–Kier alpha value is -2.96. The average Bonchev–Trinajstić information content (AvgIpc) is 3.17. The topological polar surface area (TPSA) is 84.3 Å². The molecule has 7 nitrogen and oxygen atoms in total. The van der Waals surface area contributed by atoms with Crippen molar-refractivity contribution < 1.29 is 14.4 Å². The maximum Gasteiger partial charge on any atom is 0.229 e. The molecule has 2 aromatic rings. The van der Waals surface area contributed by atoms with E-state index in [2.05, 4.69) is 31.2 Å². The Bertz CT molecular complexity index is 865. The van der Waals surface area contributed by atoms with E-state index in [4.69, 9.17) is 0 Å². The molecule has 0 unspecified atom stereocenters. The van der Waals surface area contributed by atoms with Gasteiger partial charge < -0.3 is 5.32 Å². The van der Waals surface area contributed by atoms with Crippen LogP contribution in [0.5, 0.6) is 0 Å². The van der Waals surface area contributed by atoms with Gasteiger partial charge in [-0.1, -0.05) is 51.1 Å². The lowest BCUT2D eigenvalue weighted by Gasteiger charge is -2.14. The quantitative estimate of drug-likeness (QED) is 0.779. The van der Waals surface area contributed by atoms with Crippen molar-refractivity contribution in [2.75, 3.05) is 11.9 Å². The average molecular weight is 382 g/mol. The van der Waals surface area contributed by atoms with E-state index in [-0.39, 0.29) is 48.9 Å². The molecule has 0 saturated carbocycles. The molecule has 3 rings (SSSR count). The molecule has 28 heavy (non-hydrogen) atoms. The van der Waals surface area contributed by atoms with E-state index in [1.807, 2.05) is 36.4 Å². The summed E-state index contributed by atoms with van der Waals surface area (Å²) in [6.45, 7) is 6.85. The number of hydrogen-bond donors (Lipinski definition) is 1. The van der Waals surface area contributed by atoms with Crippen molar-refractivity contribution in [2.24, 2.45) is 0 Å². The van der Waals surface area contributed by atoms with E-state index < -0.39 is 0 Å². The lowest BCUT2D eigenvalue weighted by molar-refractivity contribution is -0.138. The maximum atomic E-state index is 12.4. The molecule has 7 heteroatoms. The van der Waals surface area contributed by atoms with Gasteiger partial charge in [-0.2, -0.15) is 5.10 Å². The monoisotopic (exact) mass is 382 g/mol. The highest BCUT2D eigenvalue weighted by Gasteiger charge is 2.29. The Balaban J connectivity index is 1.72. The smallest absolute Gasteiger partial charge is 0.229 e. The zero-order valence-corrected chi connectivity index (χ0v) is 16.6. The van der Waals surface area contributed by atoms with Crippen LogP contribution >= 0.6 is 0 Å². The van der Waals surface area contributed by atoms with Gasteiger partial charge >= 0.3 is 0 Å². The van der Waals surface area contributed by atoms with Gasteiger partial charge in [0.25, 0.3) is 0 Å². The number of hydrogen-bond acceptors (Lipinski definition) is 4. The van der Waals surface area contributed by atoms with Crippen molar-refractivity contribution in [3.8, 4) is 0 Å². The van der Waals surface area contributed by atoms with Crippen LogP contribution in [0, 0.1) is 0 Å². The van der Waals surface area contributed by atoms with Crippen LogP contribution in [0.25, 0.3) is 0 Å². The summed E-state index contributed by atoms with van der Waals surface area (Å²) in [5, 5.41) is 7.56. The number of aromatic nitrogens is 2. The molecule has 1 aromatic heterocycles. The fourth-order valence-corrected chi connectivity index (χ4v) is 3.05. The fraction of sp³-hybridized carbons (Fsp3) is 0.429. The molecule has 0 bridgehead atoms. The molecule has 0 atom stereocenters. The Labute approximate surface area is 164 Å². The van der Waals surface area contributed by atoms with Crippen LogP contribution in [0.2, 0.25) is 0 Å². The second-order valence-electron chi connectivity index (χ2n) is 8.05. The van der Waals surface area contributed by atoms with Crippen molar-refractivity contribution in [2.45, 2.75) is 52.0 Å². The summed E-state index contributed by atoms with van der Waals surface area (Å²) in [6.07, 6.45) is 0.539. The highest BCUT2D eigenvalue weighted by atomic mass is 16.2. The molecule has 2 heterocycles. The number of likely N-dealkylation sites (tertiary alicyclic amines) is 1. The van der Waals surface area contributed by atoms with Crippen molar-refractivity contribution in [3.05, 3.63) is 47.7 Å². The summed E-state index contributed by atoms with van der Waals surface area (Å²) < 4.78 is 1.78. The summed E-state index contributed by atoms with van der Waals surface area (Å²) in [5.41, 5.74) is 1.80. The molecule has 1 aliphatic rings. The third kappa shape index (κ3) is 4.65. The molecule has 0 aliphatic carbocycles. The molecular weight excluding hydrogens is 356 g/mol. The Morgan fingerprint density at radius 1 is 1.11 bits per heavy atom. The number of amides is 3. The summed E-state index contributed by atoms with van der Waals surface area (Å²) >= 11 is 0. The van der Waals surface area contributed by atoms with Crippen LogP contribution in [0.15, 0.2) is 36.4 Å². The molecule has 1 N–H and O–H groups in total. The molecule has 1 aliphatic heterocycles. The highest BCUT2D eigenvalue weighted by molar-refractivity contribution is 6.02. The van der Waals surface area contributed by atoms with E-state index in [0.29, 0.717) is 12.4 Å². The van der Waals surface area contributed by atoms with Crippen molar-refractivity contribution in [3.63, 3.8) is 0 Å². The van der Waals surface area contributed by atoms with Gasteiger partial charge in [-0.15, -0.1) is 0 Å². The lowest BCUT2D eigenvalue weighted by atomic mass is 9.92. The van der Waals surface area contributed by atoms with Gasteiger partial charge in [0.15, 0.2) is 0 Å².